The Morgan fingerprint density at radius 3 is 2.84 bits per heavy atom. The van der Waals surface area contributed by atoms with Gasteiger partial charge in [0.15, 0.2) is 0 Å². The highest BCUT2D eigenvalue weighted by atomic mass is 32.2. The number of thioether (sulfide) groups is 1. The van der Waals surface area contributed by atoms with Crippen molar-refractivity contribution in [2.24, 2.45) is 0 Å². The molecule has 0 aromatic heterocycles. The Balaban J connectivity index is 1.22. The summed E-state index contributed by atoms with van der Waals surface area (Å²) < 4.78 is 11.2. The van der Waals surface area contributed by atoms with Gasteiger partial charge in [-0.2, -0.15) is 0 Å². The highest BCUT2D eigenvalue weighted by molar-refractivity contribution is 7.99. The number of carbonyl (C=O) groups is 2. The van der Waals surface area contributed by atoms with Crippen LogP contribution in [-0.4, -0.2) is 90.8 Å². The molecule has 2 amide bonds. The fraction of sp³-hybridized carbons (Fsp3) is 0.636. The maximum atomic E-state index is 12.9. The number of nitrogens with zero attached hydrogens (tertiary/aromatic N) is 2. The molecule has 9 heteroatoms. The lowest BCUT2D eigenvalue weighted by atomic mass is 10.0. The van der Waals surface area contributed by atoms with Crippen molar-refractivity contribution in [3.63, 3.8) is 0 Å². The molecule has 0 aliphatic carbocycles. The van der Waals surface area contributed by atoms with Gasteiger partial charge in [0.2, 0.25) is 5.91 Å². The molecule has 0 radical (unpaired) electrons. The van der Waals surface area contributed by atoms with Gasteiger partial charge in [-0.25, -0.2) is 0 Å². The first-order valence-electron chi connectivity index (χ1n) is 11.1. The molecule has 2 saturated heterocycles. The molecule has 31 heavy (non-hydrogen) atoms. The standard InChI is InChI=1S/C22H31N3O5S/c26-20-6-5-18(21(27)23-20)25-15-17-16(22(25)28)3-1-4-19(17)31-14-13-29-10-2-7-24-8-11-30-12-9-24/h1,3-4,18,20,26H,2,5-15H2,(H,23,27). The fourth-order valence-corrected chi connectivity index (χ4v) is 5.26. The Bertz CT molecular complexity index is 786. The highest BCUT2D eigenvalue weighted by Gasteiger charge is 2.39. The van der Waals surface area contributed by atoms with E-state index in [1.54, 1.807) is 16.7 Å². The number of hydrogen-bond donors (Lipinski definition) is 2. The highest BCUT2D eigenvalue weighted by Crippen LogP contribution is 2.34. The number of carbonyl (C=O) groups excluding carboxylic acids is 2. The van der Waals surface area contributed by atoms with E-state index in [4.69, 9.17) is 9.47 Å². The molecular weight excluding hydrogens is 418 g/mol. The molecule has 8 nitrogen and oxygen atoms in total. The normalized spacial score (nSPS) is 24.4. The van der Waals surface area contributed by atoms with E-state index in [0.29, 0.717) is 31.6 Å². The number of fused-ring (bicyclic) bond motifs is 1. The Kier molecular flexibility index (Phi) is 7.84. The number of nitrogens with one attached hydrogen (secondary N) is 1. The van der Waals surface area contributed by atoms with Crippen LogP contribution in [0, 0.1) is 0 Å². The molecule has 3 aliphatic heterocycles. The van der Waals surface area contributed by atoms with Crippen LogP contribution >= 0.6 is 11.8 Å². The number of morpholine rings is 1. The summed E-state index contributed by atoms with van der Waals surface area (Å²) in [7, 11) is 0. The third-order valence-corrected chi connectivity index (χ3v) is 7.07. The van der Waals surface area contributed by atoms with Gasteiger partial charge in [-0.05, 0) is 37.0 Å². The van der Waals surface area contributed by atoms with E-state index in [1.165, 1.54) is 0 Å². The lowest BCUT2D eigenvalue weighted by molar-refractivity contribution is -0.132. The van der Waals surface area contributed by atoms with Crippen molar-refractivity contribution < 1.29 is 24.2 Å². The van der Waals surface area contributed by atoms with Crippen LogP contribution in [0.4, 0.5) is 0 Å². The summed E-state index contributed by atoms with van der Waals surface area (Å²) in [5, 5.41) is 12.1. The molecule has 2 atom stereocenters. The number of amides is 2. The van der Waals surface area contributed by atoms with E-state index in [0.717, 1.165) is 62.1 Å². The van der Waals surface area contributed by atoms with Crippen molar-refractivity contribution >= 4 is 23.6 Å². The van der Waals surface area contributed by atoms with Crippen LogP contribution in [0.1, 0.15) is 35.2 Å². The van der Waals surface area contributed by atoms with Gasteiger partial charge < -0.3 is 24.8 Å². The smallest absolute Gasteiger partial charge is 0.255 e. The second-order valence-corrected chi connectivity index (χ2v) is 9.24. The minimum atomic E-state index is -0.816. The molecule has 1 aromatic carbocycles. The zero-order valence-corrected chi connectivity index (χ0v) is 18.6. The van der Waals surface area contributed by atoms with Crippen LogP contribution in [0.5, 0.6) is 0 Å². The van der Waals surface area contributed by atoms with Gasteiger partial charge >= 0.3 is 0 Å². The predicted octanol–water partition coefficient (Wildman–Crippen LogP) is 1.07. The minimum absolute atomic E-state index is 0.103. The molecular formula is C22H31N3O5S. The lowest BCUT2D eigenvalue weighted by Gasteiger charge is -2.32. The molecule has 2 N–H and O–H groups in total. The maximum absolute atomic E-state index is 12.9. The zero-order valence-electron chi connectivity index (χ0n) is 17.8. The second kappa shape index (κ2) is 10.8. The largest absolute Gasteiger partial charge is 0.381 e. The number of piperidine rings is 1. The van der Waals surface area contributed by atoms with Gasteiger partial charge in [-0.1, -0.05) is 6.07 Å². The van der Waals surface area contributed by atoms with Crippen LogP contribution in [0.2, 0.25) is 0 Å². The Morgan fingerprint density at radius 1 is 1.19 bits per heavy atom. The number of ether oxygens (including phenoxy) is 2. The molecule has 0 bridgehead atoms. The monoisotopic (exact) mass is 449 g/mol. The molecule has 0 spiro atoms. The maximum Gasteiger partial charge on any atom is 0.255 e. The molecule has 0 saturated carbocycles. The van der Waals surface area contributed by atoms with Crippen LogP contribution in [-0.2, 0) is 20.8 Å². The molecule has 2 fully saturated rings. The molecule has 1 aromatic rings. The third kappa shape index (κ3) is 5.59. The summed E-state index contributed by atoms with van der Waals surface area (Å²) in [5.41, 5.74) is 1.67. The van der Waals surface area contributed by atoms with Crippen molar-refractivity contribution in [1.29, 1.82) is 0 Å². The number of rotatable bonds is 9. The Hall–Kier alpha value is -1.65. The van der Waals surface area contributed by atoms with Gasteiger partial charge in [0.1, 0.15) is 12.3 Å². The average molecular weight is 450 g/mol. The molecule has 170 valence electrons. The van der Waals surface area contributed by atoms with E-state index < -0.39 is 12.3 Å². The fourth-order valence-electron chi connectivity index (χ4n) is 4.32. The molecule has 2 unspecified atom stereocenters. The summed E-state index contributed by atoms with van der Waals surface area (Å²) in [6.07, 6.45) is 1.14. The van der Waals surface area contributed by atoms with E-state index >= 15 is 0 Å². The Morgan fingerprint density at radius 2 is 2.03 bits per heavy atom. The first-order valence-corrected chi connectivity index (χ1v) is 12.0. The summed E-state index contributed by atoms with van der Waals surface area (Å²) >= 11 is 1.69. The summed E-state index contributed by atoms with van der Waals surface area (Å²) in [6, 6.07) is 5.25. The molecule has 3 heterocycles. The summed E-state index contributed by atoms with van der Waals surface area (Å²) in [6.45, 7) is 6.57. The van der Waals surface area contributed by atoms with Crippen molar-refractivity contribution in [1.82, 2.24) is 15.1 Å². The SMILES string of the molecule is O=C1NC(O)CCC1N1Cc2c(SCCOCCCN3CCOCC3)cccc2C1=O. The van der Waals surface area contributed by atoms with E-state index in [-0.39, 0.29) is 11.8 Å². The number of aliphatic hydroxyl groups excluding tert-OH is 1. The quantitative estimate of drug-likeness (QED) is 0.430. The average Bonchev–Trinajstić information content (AvgIpc) is 3.11. The van der Waals surface area contributed by atoms with Gasteiger partial charge in [0, 0.05) is 49.0 Å². The summed E-state index contributed by atoms with van der Waals surface area (Å²) in [5.74, 6) is 0.436. The van der Waals surface area contributed by atoms with Gasteiger partial charge in [-0.15, -0.1) is 11.8 Å². The van der Waals surface area contributed by atoms with Crippen LogP contribution < -0.4 is 5.32 Å². The van der Waals surface area contributed by atoms with E-state index in [2.05, 4.69) is 10.2 Å². The van der Waals surface area contributed by atoms with Crippen LogP contribution in [0.3, 0.4) is 0 Å². The second-order valence-electron chi connectivity index (χ2n) is 8.10. The van der Waals surface area contributed by atoms with Gasteiger partial charge in [0.05, 0.1) is 19.8 Å². The van der Waals surface area contributed by atoms with Gasteiger partial charge in [0.25, 0.3) is 5.91 Å². The zero-order chi connectivity index (χ0) is 21.6. The number of hydrogen-bond acceptors (Lipinski definition) is 7. The van der Waals surface area contributed by atoms with Crippen LogP contribution in [0.15, 0.2) is 23.1 Å². The predicted molar refractivity (Wildman–Crippen MR) is 117 cm³/mol. The third-order valence-electron chi connectivity index (χ3n) is 6.01. The van der Waals surface area contributed by atoms with E-state index in [1.807, 2.05) is 18.2 Å². The summed E-state index contributed by atoms with van der Waals surface area (Å²) in [4.78, 5) is 30.3. The topological polar surface area (TPSA) is 91.3 Å². The van der Waals surface area contributed by atoms with Crippen LogP contribution in [0.25, 0.3) is 0 Å². The lowest BCUT2D eigenvalue weighted by Crippen LogP contribution is -2.54. The van der Waals surface area contributed by atoms with Crippen molar-refractivity contribution in [2.75, 3.05) is 51.8 Å². The minimum Gasteiger partial charge on any atom is -0.381 e. The van der Waals surface area contributed by atoms with Crippen molar-refractivity contribution in [3.05, 3.63) is 29.3 Å². The van der Waals surface area contributed by atoms with Crippen molar-refractivity contribution in [3.8, 4) is 0 Å². The van der Waals surface area contributed by atoms with Crippen molar-refractivity contribution in [2.45, 2.75) is 43.0 Å². The first kappa shape index (κ1) is 22.5. The number of benzene rings is 1. The Labute approximate surface area is 187 Å². The molecule has 4 rings (SSSR count). The van der Waals surface area contributed by atoms with E-state index in [9.17, 15) is 14.7 Å². The first-order chi connectivity index (χ1) is 15.1. The number of aliphatic hydroxyl groups is 1. The van der Waals surface area contributed by atoms with Gasteiger partial charge in [-0.3, -0.25) is 14.5 Å². The molecule has 3 aliphatic rings.